The summed E-state index contributed by atoms with van der Waals surface area (Å²) in [5, 5.41) is 15.4. The van der Waals surface area contributed by atoms with Gasteiger partial charge in [0, 0.05) is 30.5 Å². The largest absolute Gasteiger partial charge is 0.480 e. The SMILES string of the molecule is COC(=O)c1ccccc1S(=O)NC(Cc1ccc(-c2cccc(NC(=O)NCCc3ccccn3)c2)cc1)C(=O)O. The van der Waals surface area contributed by atoms with E-state index < -0.39 is 29.0 Å². The first kappa shape index (κ1) is 30.1. The van der Waals surface area contributed by atoms with Crippen LogP contribution >= 0.6 is 0 Å². The number of carboxylic acid groups (broad SMARTS) is 1. The number of anilines is 1. The predicted molar refractivity (Wildman–Crippen MR) is 159 cm³/mol. The summed E-state index contributed by atoms with van der Waals surface area (Å²) in [5.41, 5.74) is 4.05. The van der Waals surface area contributed by atoms with Crippen molar-refractivity contribution in [2.75, 3.05) is 19.0 Å². The van der Waals surface area contributed by atoms with Gasteiger partial charge < -0.3 is 20.5 Å². The first-order chi connectivity index (χ1) is 20.3. The molecule has 1 heterocycles. The van der Waals surface area contributed by atoms with Crippen LogP contribution in [0.3, 0.4) is 0 Å². The molecule has 0 bridgehead atoms. The first-order valence-electron chi connectivity index (χ1n) is 13.1. The molecule has 42 heavy (non-hydrogen) atoms. The number of benzene rings is 3. The number of carboxylic acids is 1. The normalized spacial score (nSPS) is 12.1. The van der Waals surface area contributed by atoms with Crippen LogP contribution in [0.2, 0.25) is 0 Å². The average Bonchev–Trinajstić information content (AvgIpc) is 3.01. The highest BCUT2D eigenvalue weighted by Gasteiger charge is 2.24. The number of esters is 1. The van der Waals surface area contributed by atoms with Crippen molar-refractivity contribution in [1.82, 2.24) is 15.0 Å². The molecule has 1 aromatic heterocycles. The van der Waals surface area contributed by atoms with Crippen molar-refractivity contribution >= 4 is 34.6 Å². The maximum atomic E-state index is 13.0. The third-order valence-corrected chi connectivity index (χ3v) is 7.53. The molecule has 0 fully saturated rings. The Morgan fingerprint density at radius 2 is 1.69 bits per heavy atom. The zero-order valence-electron chi connectivity index (χ0n) is 22.8. The van der Waals surface area contributed by atoms with E-state index in [1.807, 2.05) is 48.5 Å². The quantitative estimate of drug-likeness (QED) is 0.182. The number of aromatic nitrogens is 1. The smallest absolute Gasteiger partial charge is 0.339 e. The third kappa shape index (κ3) is 8.32. The van der Waals surface area contributed by atoms with Gasteiger partial charge in [-0.25, -0.2) is 18.5 Å². The molecule has 11 heteroatoms. The number of ether oxygens (including phenoxy) is 1. The van der Waals surface area contributed by atoms with Crippen LogP contribution in [-0.2, 0) is 33.4 Å². The fraction of sp³-hybridized carbons (Fsp3) is 0.161. The molecule has 2 unspecified atom stereocenters. The number of carbonyl (C=O) groups is 3. The van der Waals surface area contributed by atoms with Crippen molar-refractivity contribution in [3.8, 4) is 11.1 Å². The summed E-state index contributed by atoms with van der Waals surface area (Å²) in [4.78, 5) is 40.7. The summed E-state index contributed by atoms with van der Waals surface area (Å²) >= 11 is 0. The molecule has 4 rings (SSSR count). The Bertz CT molecular complexity index is 1560. The molecule has 0 aliphatic rings. The average molecular weight is 587 g/mol. The monoisotopic (exact) mass is 586 g/mol. The molecule has 4 aromatic rings. The van der Waals surface area contributed by atoms with Crippen LogP contribution in [0.1, 0.15) is 21.6 Å². The summed E-state index contributed by atoms with van der Waals surface area (Å²) in [6.45, 7) is 0.446. The van der Waals surface area contributed by atoms with E-state index >= 15 is 0 Å². The highest BCUT2D eigenvalue weighted by Crippen LogP contribution is 2.24. The Labute approximate surface area is 245 Å². The number of nitrogens with one attached hydrogen (secondary N) is 3. The van der Waals surface area contributed by atoms with Gasteiger partial charge in [0.25, 0.3) is 0 Å². The molecule has 0 spiro atoms. The number of carbonyl (C=O) groups excluding carboxylic acids is 2. The highest BCUT2D eigenvalue weighted by atomic mass is 32.2. The van der Waals surface area contributed by atoms with Crippen molar-refractivity contribution in [2.45, 2.75) is 23.8 Å². The van der Waals surface area contributed by atoms with Gasteiger partial charge in [-0.2, -0.15) is 0 Å². The molecule has 0 saturated carbocycles. The molecule has 0 radical (unpaired) electrons. The molecule has 2 amide bonds. The zero-order chi connectivity index (χ0) is 29.9. The number of amides is 2. The number of pyridine rings is 1. The van der Waals surface area contributed by atoms with Crippen molar-refractivity contribution in [2.24, 2.45) is 0 Å². The molecule has 0 saturated heterocycles. The summed E-state index contributed by atoms with van der Waals surface area (Å²) in [7, 11) is -0.753. The van der Waals surface area contributed by atoms with Gasteiger partial charge in [-0.05, 0) is 59.5 Å². The van der Waals surface area contributed by atoms with Crippen LogP contribution in [0, 0.1) is 0 Å². The Morgan fingerprint density at radius 1 is 0.929 bits per heavy atom. The highest BCUT2D eigenvalue weighted by molar-refractivity contribution is 7.83. The standard InChI is InChI=1S/C31H30N4O6S/c1-41-30(38)26-10-2-3-11-28(26)42(40)35-27(29(36)37)19-21-12-14-22(15-13-21)23-7-6-9-25(20-23)34-31(39)33-18-16-24-8-4-5-17-32-24/h2-15,17,20,27,35H,16,18-19H2,1H3,(H,36,37)(H2,33,34,39). The van der Waals surface area contributed by atoms with Gasteiger partial charge >= 0.3 is 18.0 Å². The van der Waals surface area contributed by atoms with E-state index in [9.17, 15) is 23.7 Å². The van der Waals surface area contributed by atoms with E-state index in [0.29, 0.717) is 24.2 Å². The van der Waals surface area contributed by atoms with Crippen LogP contribution in [0.25, 0.3) is 11.1 Å². The van der Waals surface area contributed by atoms with Crippen LogP contribution in [0.15, 0.2) is 102 Å². The van der Waals surface area contributed by atoms with Crippen molar-refractivity contribution < 1.29 is 28.4 Å². The summed E-state index contributed by atoms with van der Waals surface area (Å²) in [5.74, 6) is -1.84. The van der Waals surface area contributed by atoms with Gasteiger partial charge in [-0.3, -0.25) is 9.78 Å². The van der Waals surface area contributed by atoms with E-state index in [2.05, 4.69) is 20.3 Å². The predicted octanol–water partition coefficient (Wildman–Crippen LogP) is 4.21. The Morgan fingerprint density at radius 3 is 2.40 bits per heavy atom. The van der Waals surface area contributed by atoms with Gasteiger partial charge in [0.15, 0.2) is 0 Å². The minimum Gasteiger partial charge on any atom is -0.480 e. The van der Waals surface area contributed by atoms with Gasteiger partial charge in [-0.1, -0.05) is 54.6 Å². The zero-order valence-corrected chi connectivity index (χ0v) is 23.6. The number of hydrogen-bond donors (Lipinski definition) is 4. The van der Waals surface area contributed by atoms with Crippen LogP contribution < -0.4 is 15.4 Å². The number of methoxy groups -OCH3 is 1. The van der Waals surface area contributed by atoms with Crippen LogP contribution in [-0.4, -0.2) is 52.0 Å². The van der Waals surface area contributed by atoms with Crippen LogP contribution in [0.4, 0.5) is 10.5 Å². The molecular weight excluding hydrogens is 556 g/mol. The van der Waals surface area contributed by atoms with E-state index in [1.165, 1.54) is 19.2 Å². The summed E-state index contributed by atoms with van der Waals surface area (Å²) in [6.07, 6.45) is 2.39. The first-order valence-corrected chi connectivity index (χ1v) is 14.2. The van der Waals surface area contributed by atoms with Gasteiger partial charge in [0.05, 0.1) is 17.6 Å². The second-order valence-electron chi connectivity index (χ2n) is 9.20. The lowest BCUT2D eigenvalue weighted by Crippen LogP contribution is -2.40. The lowest BCUT2D eigenvalue weighted by molar-refractivity contribution is -0.138. The van der Waals surface area contributed by atoms with E-state index in [1.54, 1.807) is 36.5 Å². The Hall–Kier alpha value is -4.87. The molecular formula is C31H30N4O6S. The molecule has 3 aromatic carbocycles. The maximum absolute atomic E-state index is 13.0. The van der Waals surface area contributed by atoms with Gasteiger partial charge in [0.2, 0.25) is 0 Å². The number of aliphatic carboxylic acids is 1. The fourth-order valence-electron chi connectivity index (χ4n) is 4.15. The molecule has 216 valence electrons. The topological polar surface area (TPSA) is 147 Å². The Kier molecular flexibility index (Phi) is 10.5. The number of nitrogens with zero attached hydrogens (tertiary/aromatic N) is 1. The van der Waals surface area contributed by atoms with Crippen molar-refractivity contribution in [3.05, 3.63) is 114 Å². The molecule has 2 atom stereocenters. The van der Waals surface area contributed by atoms with E-state index in [0.717, 1.165) is 16.8 Å². The minimum absolute atomic E-state index is 0.0576. The van der Waals surface area contributed by atoms with Crippen molar-refractivity contribution in [1.29, 1.82) is 0 Å². The second kappa shape index (κ2) is 14.7. The lowest BCUT2D eigenvalue weighted by Gasteiger charge is -2.16. The van der Waals surface area contributed by atoms with Crippen LogP contribution in [0.5, 0.6) is 0 Å². The second-order valence-corrected chi connectivity index (χ2v) is 10.4. The van der Waals surface area contributed by atoms with E-state index in [-0.39, 0.29) is 22.9 Å². The van der Waals surface area contributed by atoms with Gasteiger partial charge in [0.1, 0.15) is 17.0 Å². The Balaban J connectivity index is 1.36. The number of hydrogen-bond acceptors (Lipinski definition) is 6. The summed E-state index contributed by atoms with van der Waals surface area (Å²) < 4.78 is 20.3. The van der Waals surface area contributed by atoms with Gasteiger partial charge in [-0.15, -0.1) is 0 Å². The number of rotatable bonds is 12. The summed E-state index contributed by atoms with van der Waals surface area (Å²) in [6, 6.07) is 25.0. The lowest BCUT2D eigenvalue weighted by atomic mass is 10.0. The molecule has 10 nitrogen and oxygen atoms in total. The molecule has 0 aliphatic carbocycles. The number of urea groups is 1. The third-order valence-electron chi connectivity index (χ3n) is 6.28. The molecule has 0 aliphatic heterocycles. The maximum Gasteiger partial charge on any atom is 0.339 e. The van der Waals surface area contributed by atoms with E-state index in [4.69, 9.17) is 4.74 Å². The van der Waals surface area contributed by atoms with Crippen molar-refractivity contribution in [3.63, 3.8) is 0 Å². The fourth-order valence-corrected chi connectivity index (χ4v) is 5.27. The molecule has 4 N–H and O–H groups in total. The minimum atomic E-state index is -1.97.